The Morgan fingerprint density at radius 2 is 1.90 bits per heavy atom. The van der Waals surface area contributed by atoms with E-state index in [9.17, 15) is 0 Å². The van der Waals surface area contributed by atoms with E-state index in [2.05, 4.69) is 52.4 Å². The topological polar surface area (TPSA) is 30.5 Å². The summed E-state index contributed by atoms with van der Waals surface area (Å²) >= 11 is 3.48. The summed E-state index contributed by atoms with van der Waals surface area (Å²) in [5.41, 5.74) is 1.39. The predicted octanol–water partition coefficient (Wildman–Crippen LogP) is 3.66. The van der Waals surface area contributed by atoms with E-state index in [1.54, 1.807) is 7.11 Å². The van der Waals surface area contributed by atoms with Gasteiger partial charge in [0.05, 0.1) is 13.2 Å². The molecule has 0 spiro atoms. The zero-order chi connectivity index (χ0) is 15.3. The third kappa shape index (κ3) is 9.25. The lowest BCUT2D eigenvalue weighted by Gasteiger charge is -2.18. The first-order chi connectivity index (χ1) is 10.3. The lowest BCUT2D eigenvalue weighted by atomic mass is 9.96. The van der Waals surface area contributed by atoms with Gasteiger partial charge in [-0.3, -0.25) is 0 Å². The van der Waals surface area contributed by atoms with Crippen LogP contribution in [0.3, 0.4) is 0 Å². The van der Waals surface area contributed by atoms with E-state index in [0.29, 0.717) is 19.1 Å². The van der Waals surface area contributed by atoms with Crippen molar-refractivity contribution in [2.75, 3.05) is 40.0 Å². The van der Waals surface area contributed by atoms with Crippen LogP contribution >= 0.6 is 15.9 Å². The molecule has 0 saturated heterocycles. The molecule has 0 amide bonds. The summed E-state index contributed by atoms with van der Waals surface area (Å²) in [6.07, 6.45) is 3.35. The standard InChI is InChI=1S/C17H28BrNO2/c1-3-9-19-14-16(8-10-21-12-11-20-2)13-15-4-6-17(18)7-5-15/h4-7,16,19H,3,8-14H2,1-2H3. The fourth-order valence-electron chi connectivity index (χ4n) is 2.21. The molecule has 0 aliphatic carbocycles. The molecule has 0 heterocycles. The summed E-state index contributed by atoms with van der Waals surface area (Å²) in [5.74, 6) is 0.611. The van der Waals surface area contributed by atoms with Crippen LogP contribution in [-0.4, -0.2) is 40.0 Å². The average molecular weight is 358 g/mol. The maximum atomic E-state index is 5.61. The van der Waals surface area contributed by atoms with Gasteiger partial charge < -0.3 is 14.8 Å². The molecule has 1 aromatic carbocycles. The van der Waals surface area contributed by atoms with Gasteiger partial charge in [0.15, 0.2) is 0 Å². The molecule has 1 atom stereocenters. The lowest BCUT2D eigenvalue weighted by molar-refractivity contribution is 0.0636. The Labute approximate surface area is 137 Å². The highest BCUT2D eigenvalue weighted by atomic mass is 79.9. The van der Waals surface area contributed by atoms with E-state index < -0.39 is 0 Å². The fraction of sp³-hybridized carbons (Fsp3) is 0.647. The number of nitrogens with one attached hydrogen (secondary N) is 1. The second-order valence-corrected chi connectivity index (χ2v) is 6.21. The zero-order valence-corrected chi connectivity index (χ0v) is 14.8. The van der Waals surface area contributed by atoms with Crippen molar-refractivity contribution < 1.29 is 9.47 Å². The van der Waals surface area contributed by atoms with Crippen molar-refractivity contribution in [1.82, 2.24) is 5.32 Å². The molecule has 1 unspecified atom stereocenters. The molecule has 0 bridgehead atoms. The first kappa shape index (κ1) is 18.6. The normalized spacial score (nSPS) is 12.5. The molecule has 1 N–H and O–H groups in total. The van der Waals surface area contributed by atoms with Crippen LogP contribution in [0.25, 0.3) is 0 Å². The highest BCUT2D eigenvalue weighted by Crippen LogP contribution is 2.16. The summed E-state index contributed by atoms with van der Waals surface area (Å²) in [6, 6.07) is 8.62. The van der Waals surface area contributed by atoms with Gasteiger partial charge in [0, 0.05) is 18.2 Å². The maximum Gasteiger partial charge on any atom is 0.0700 e. The molecular formula is C17H28BrNO2. The number of methoxy groups -OCH3 is 1. The smallest absolute Gasteiger partial charge is 0.0700 e. The molecule has 0 aromatic heterocycles. The monoisotopic (exact) mass is 357 g/mol. The highest BCUT2D eigenvalue weighted by Gasteiger charge is 2.09. The Bertz CT molecular complexity index is 356. The molecule has 0 aliphatic rings. The Morgan fingerprint density at radius 1 is 1.14 bits per heavy atom. The van der Waals surface area contributed by atoms with Crippen LogP contribution in [0.5, 0.6) is 0 Å². The third-order valence-electron chi connectivity index (χ3n) is 3.40. The van der Waals surface area contributed by atoms with Gasteiger partial charge in [-0.15, -0.1) is 0 Å². The van der Waals surface area contributed by atoms with Gasteiger partial charge in [0.1, 0.15) is 0 Å². The Balaban J connectivity index is 2.37. The van der Waals surface area contributed by atoms with Crippen molar-refractivity contribution in [3.05, 3.63) is 34.3 Å². The minimum Gasteiger partial charge on any atom is -0.382 e. The summed E-state index contributed by atoms with van der Waals surface area (Å²) in [4.78, 5) is 0. The molecule has 0 radical (unpaired) electrons. The minimum absolute atomic E-state index is 0.611. The fourth-order valence-corrected chi connectivity index (χ4v) is 2.47. The van der Waals surface area contributed by atoms with Gasteiger partial charge >= 0.3 is 0 Å². The molecule has 0 aliphatic heterocycles. The number of rotatable bonds is 12. The predicted molar refractivity (Wildman–Crippen MR) is 91.8 cm³/mol. The highest BCUT2D eigenvalue weighted by molar-refractivity contribution is 9.10. The quantitative estimate of drug-likeness (QED) is 0.579. The zero-order valence-electron chi connectivity index (χ0n) is 13.2. The minimum atomic E-state index is 0.611. The molecule has 21 heavy (non-hydrogen) atoms. The van der Waals surface area contributed by atoms with Gasteiger partial charge in [-0.1, -0.05) is 35.0 Å². The molecule has 4 heteroatoms. The van der Waals surface area contributed by atoms with Gasteiger partial charge in [-0.2, -0.15) is 0 Å². The van der Waals surface area contributed by atoms with Crippen molar-refractivity contribution in [3.8, 4) is 0 Å². The van der Waals surface area contributed by atoms with E-state index in [1.165, 1.54) is 12.0 Å². The summed E-state index contributed by atoms with van der Waals surface area (Å²) in [6.45, 7) is 6.50. The summed E-state index contributed by atoms with van der Waals surface area (Å²) < 4.78 is 11.7. The third-order valence-corrected chi connectivity index (χ3v) is 3.93. The number of hydrogen-bond acceptors (Lipinski definition) is 3. The van der Waals surface area contributed by atoms with Crippen LogP contribution < -0.4 is 5.32 Å². The van der Waals surface area contributed by atoms with Crippen LogP contribution in [-0.2, 0) is 15.9 Å². The number of hydrogen-bond donors (Lipinski definition) is 1. The van der Waals surface area contributed by atoms with Crippen LogP contribution in [0.1, 0.15) is 25.3 Å². The SMILES string of the molecule is CCCNCC(CCOCCOC)Cc1ccc(Br)cc1. The number of ether oxygens (including phenoxy) is 2. The van der Waals surface area contributed by atoms with E-state index in [1.807, 2.05) is 0 Å². The molecular weight excluding hydrogens is 330 g/mol. The average Bonchev–Trinajstić information content (AvgIpc) is 2.49. The van der Waals surface area contributed by atoms with Crippen molar-refractivity contribution in [2.24, 2.45) is 5.92 Å². The van der Waals surface area contributed by atoms with Crippen LogP contribution in [0, 0.1) is 5.92 Å². The number of halogens is 1. The molecule has 120 valence electrons. The van der Waals surface area contributed by atoms with E-state index in [4.69, 9.17) is 9.47 Å². The molecule has 3 nitrogen and oxygen atoms in total. The second kappa shape index (κ2) is 12.2. The van der Waals surface area contributed by atoms with E-state index in [-0.39, 0.29) is 0 Å². The Morgan fingerprint density at radius 3 is 2.57 bits per heavy atom. The number of benzene rings is 1. The van der Waals surface area contributed by atoms with Crippen LogP contribution in [0.15, 0.2) is 28.7 Å². The maximum absolute atomic E-state index is 5.61. The van der Waals surface area contributed by atoms with E-state index in [0.717, 1.165) is 37.0 Å². The molecule has 1 aromatic rings. The van der Waals surface area contributed by atoms with Gasteiger partial charge in [0.25, 0.3) is 0 Å². The first-order valence-corrected chi connectivity index (χ1v) is 8.57. The largest absolute Gasteiger partial charge is 0.382 e. The summed E-state index contributed by atoms with van der Waals surface area (Å²) in [5, 5.41) is 3.53. The van der Waals surface area contributed by atoms with Crippen LogP contribution in [0.4, 0.5) is 0 Å². The summed E-state index contributed by atoms with van der Waals surface area (Å²) in [7, 11) is 1.70. The second-order valence-electron chi connectivity index (χ2n) is 5.29. The van der Waals surface area contributed by atoms with Gasteiger partial charge in [-0.05, 0) is 56.0 Å². The van der Waals surface area contributed by atoms with Crippen molar-refractivity contribution in [2.45, 2.75) is 26.2 Å². The van der Waals surface area contributed by atoms with Crippen molar-refractivity contribution >= 4 is 15.9 Å². The molecule has 0 saturated carbocycles. The Kier molecular flexibility index (Phi) is 10.8. The van der Waals surface area contributed by atoms with Crippen molar-refractivity contribution in [1.29, 1.82) is 0 Å². The lowest BCUT2D eigenvalue weighted by Crippen LogP contribution is -2.26. The Hall–Kier alpha value is -0.420. The van der Waals surface area contributed by atoms with Crippen molar-refractivity contribution in [3.63, 3.8) is 0 Å². The van der Waals surface area contributed by atoms with E-state index >= 15 is 0 Å². The van der Waals surface area contributed by atoms with Crippen LogP contribution in [0.2, 0.25) is 0 Å². The van der Waals surface area contributed by atoms with Gasteiger partial charge in [0.2, 0.25) is 0 Å². The first-order valence-electron chi connectivity index (χ1n) is 7.78. The van der Waals surface area contributed by atoms with Gasteiger partial charge in [-0.25, -0.2) is 0 Å². The molecule has 0 fully saturated rings. The molecule has 1 rings (SSSR count).